The van der Waals surface area contributed by atoms with Gasteiger partial charge >= 0.3 is 0 Å². The molecule has 0 saturated heterocycles. The quantitative estimate of drug-likeness (QED) is 0.179. The van der Waals surface area contributed by atoms with Crippen LogP contribution in [0.15, 0.2) is 174 Å². The molecule has 0 saturated carbocycles. The first-order chi connectivity index (χ1) is 26.3. The van der Waals surface area contributed by atoms with Gasteiger partial charge in [-0.25, -0.2) is 0 Å². The highest BCUT2D eigenvalue weighted by Gasteiger charge is 2.26. The summed E-state index contributed by atoms with van der Waals surface area (Å²) in [5.74, 6) is 0. The number of rotatable bonds is 2. The smallest absolute Gasteiger partial charge is 0.136 e. The minimum Gasteiger partial charge on any atom is -0.456 e. The summed E-state index contributed by atoms with van der Waals surface area (Å²) < 4.78 is 11.5. The lowest BCUT2D eigenvalue weighted by atomic mass is 10.0. The molecule has 0 spiro atoms. The lowest BCUT2D eigenvalue weighted by Crippen LogP contribution is -1.96. The zero-order valence-electron chi connectivity index (χ0n) is 28.5. The van der Waals surface area contributed by atoms with E-state index >= 15 is 0 Å². The van der Waals surface area contributed by atoms with Crippen LogP contribution in [0.4, 0.5) is 0 Å². The van der Waals surface area contributed by atoms with Crippen molar-refractivity contribution in [2.24, 2.45) is 0 Å². The summed E-state index contributed by atoms with van der Waals surface area (Å²) in [4.78, 5) is 0. The van der Waals surface area contributed by atoms with Crippen LogP contribution in [-0.4, -0.2) is 9.13 Å². The number of furan rings is 1. The number of fused-ring (bicyclic) bond motifs is 15. The molecule has 244 valence electrons. The van der Waals surface area contributed by atoms with Crippen LogP contribution in [0.1, 0.15) is 0 Å². The second kappa shape index (κ2) is 9.81. The number of hydrogen-bond acceptors (Lipinski definition) is 1. The number of nitrogens with zero attached hydrogens (tertiary/aromatic N) is 2. The van der Waals surface area contributed by atoms with E-state index in [1.54, 1.807) is 0 Å². The highest BCUT2D eigenvalue weighted by molar-refractivity contribution is 6.33. The van der Waals surface area contributed by atoms with Gasteiger partial charge in [0, 0.05) is 43.4 Å². The normalized spacial score (nSPS) is 12.5. The predicted octanol–water partition coefficient (Wildman–Crippen LogP) is 13.7. The topological polar surface area (TPSA) is 23.0 Å². The van der Waals surface area contributed by atoms with E-state index in [0.29, 0.717) is 0 Å². The standard InChI is InChI=1S/C50H28N2O/c1-2-14-32-29(10-1)11-9-20-40(32)52-41-19-5-3-15-36(41)48-43(52)25-24-38-47-42(26-27-45-49(47)37-16-4-6-21-44(37)53-45)51(50(38)48)31-22-23-33-34-17-7-12-30-13-8-18-35(46(30)34)39(33)28-31/h1-28H. The summed E-state index contributed by atoms with van der Waals surface area (Å²) in [7, 11) is 0. The van der Waals surface area contributed by atoms with Gasteiger partial charge in [0.25, 0.3) is 0 Å². The van der Waals surface area contributed by atoms with E-state index in [-0.39, 0.29) is 0 Å². The largest absolute Gasteiger partial charge is 0.456 e. The van der Waals surface area contributed by atoms with E-state index in [0.717, 1.165) is 27.6 Å². The third kappa shape index (κ3) is 3.44. The maximum absolute atomic E-state index is 6.50. The first-order valence-electron chi connectivity index (χ1n) is 18.3. The molecule has 0 bridgehead atoms. The molecule has 1 aliphatic carbocycles. The fourth-order valence-corrected chi connectivity index (χ4v) is 9.71. The fourth-order valence-electron chi connectivity index (χ4n) is 9.71. The van der Waals surface area contributed by atoms with Crippen LogP contribution in [0, 0.1) is 0 Å². The Balaban J connectivity index is 1.23. The maximum atomic E-state index is 6.50. The molecule has 0 radical (unpaired) electrons. The van der Waals surface area contributed by atoms with Crippen molar-refractivity contribution in [2.45, 2.75) is 0 Å². The Hall–Kier alpha value is -7.10. The molecule has 0 fully saturated rings. The molecular weight excluding hydrogens is 645 g/mol. The van der Waals surface area contributed by atoms with Gasteiger partial charge in [-0.3, -0.25) is 0 Å². The second-order valence-electron chi connectivity index (χ2n) is 14.4. The van der Waals surface area contributed by atoms with E-state index in [1.807, 2.05) is 0 Å². The van der Waals surface area contributed by atoms with E-state index in [4.69, 9.17) is 4.42 Å². The molecule has 3 heterocycles. The molecule has 53 heavy (non-hydrogen) atoms. The fraction of sp³-hybridized carbons (Fsp3) is 0. The van der Waals surface area contributed by atoms with Crippen molar-refractivity contribution in [3.63, 3.8) is 0 Å². The number of para-hydroxylation sites is 2. The molecule has 0 unspecified atom stereocenters. The predicted molar refractivity (Wildman–Crippen MR) is 222 cm³/mol. The van der Waals surface area contributed by atoms with Gasteiger partial charge < -0.3 is 13.6 Å². The molecule has 0 amide bonds. The Labute approximate surface area is 303 Å². The summed E-state index contributed by atoms with van der Waals surface area (Å²) in [6.45, 7) is 0. The van der Waals surface area contributed by atoms with Gasteiger partial charge in [-0.05, 0) is 86.9 Å². The average molecular weight is 673 g/mol. The molecule has 3 aromatic heterocycles. The van der Waals surface area contributed by atoms with Crippen LogP contribution in [0.2, 0.25) is 0 Å². The van der Waals surface area contributed by atoms with Crippen molar-refractivity contribution in [2.75, 3.05) is 0 Å². The van der Waals surface area contributed by atoms with Crippen LogP contribution in [-0.2, 0) is 0 Å². The summed E-state index contributed by atoms with van der Waals surface area (Å²) >= 11 is 0. The lowest BCUT2D eigenvalue weighted by molar-refractivity contribution is 0.669. The minimum atomic E-state index is 0.909. The van der Waals surface area contributed by atoms with Gasteiger partial charge in [-0.2, -0.15) is 0 Å². The van der Waals surface area contributed by atoms with Gasteiger partial charge in [0.15, 0.2) is 0 Å². The van der Waals surface area contributed by atoms with Crippen LogP contribution < -0.4 is 0 Å². The van der Waals surface area contributed by atoms with Gasteiger partial charge in [0.1, 0.15) is 11.2 Å². The number of hydrogen-bond donors (Lipinski definition) is 0. The molecule has 0 aliphatic heterocycles. The molecule has 3 nitrogen and oxygen atoms in total. The van der Waals surface area contributed by atoms with Gasteiger partial charge in [-0.1, -0.05) is 121 Å². The Kier molecular flexibility index (Phi) is 5.11. The van der Waals surface area contributed by atoms with Crippen LogP contribution in [0.25, 0.3) is 121 Å². The average Bonchev–Trinajstić information content (AvgIpc) is 3.95. The molecule has 0 N–H and O–H groups in total. The second-order valence-corrected chi connectivity index (χ2v) is 14.4. The Morgan fingerprint density at radius 3 is 1.94 bits per heavy atom. The van der Waals surface area contributed by atoms with Crippen molar-refractivity contribution in [1.29, 1.82) is 0 Å². The van der Waals surface area contributed by atoms with Crippen LogP contribution in [0.5, 0.6) is 0 Å². The highest BCUT2D eigenvalue weighted by Crippen LogP contribution is 2.50. The van der Waals surface area contributed by atoms with Crippen molar-refractivity contribution < 1.29 is 4.42 Å². The van der Waals surface area contributed by atoms with E-state index < -0.39 is 0 Å². The Bertz CT molecular complexity index is 3560. The molecule has 13 rings (SSSR count). The SMILES string of the molecule is c1ccc2c(-n3c4ccccc4c4c3ccc3c5c6c(ccc5n(-c5ccc7c(c5)-c5cccc8cccc-7c58)c34)oc3ccccc36)cccc2c1. The van der Waals surface area contributed by atoms with Crippen LogP contribution >= 0.6 is 0 Å². The molecule has 9 aromatic carbocycles. The van der Waals surface area contributed by atoms with Crippen molar-refractivity contribution in [1.82, 2.24) is 9.13 Å². The van der Waals surface area contributed by atoms with E-state index in [1.165, 1.54) is 93.1 Å². The highest BCUT2D eigenvalue weighted by atomic mass is 16.3. The molecular formula is C50H28N2O. The van der Waals surface area contributed by atoms with Crippen molar-refractivity contribution in [3.8, 4) is 33.6 Å². The number of aromatic nitrogens is 2. The lowest BCUT2D eigenvalue weighted by Gasteiger charge is -2.13. The number of benzene rings is 9. The third-order valence-electron chi connectivity index (χ3n) is 11.8. The molecule has 3 heteroatoms. The van der Waals surface area contributed by atoms with Crippen LogP contribution in [0.3, 0.4) is 0 Å². The van der Waals surface area contributed by atoms with Crippen molar-refractivity contribution in [3.05, 3.63) is 170 Å². The monoisotopic (exact) mass is 672 g/mol. The third-order valence-corrected chi connectivity index (χ3v) is 11.8. The van der Waals surface area contributed by atoms with Gasteiger partial charge in [0.05, 0.1) is 27.8 Å². The molecule has 1 aliphatic rings. The summed E-state index contributed by atoms with van der Waals surface area (Å²) in [6, 6.07) is 62.3. The zero-order chi connectivity index (χ0) is 34.4. The van der Waals surface area contributed by atoms with Gasteiger partial charge in [0.2, 0.25) is 0 Å². The first kappa shape index (κ1) is 27.6. The zero-order valence-corrected chi connectivity index (χ0v) is 28.5. The molecule has 12 aromatic rings. The first-order valence-corrected chi connectivity index (χ1v) is 18.3. The molecule has 0 atom stereocenters. The summed E-state index contributed by atoms with van der Waals surface area (Å²) in [6.07, 6.45) is 0. The van der Waals surface area contributed by atoms with E-state index in [9.17, 15) is 0 Å². The maximum Gasteiger partial charge on any atom is 0.136 e. The summed E-state index contributed by atoms with van der Waals surface area (Å²) in [5.41, 5.74) is 14.1. The summed E-state index contributed by atoms with van der Waals surface area (Å²) in [5, 5.41) is 12.3. The minimum absolute atomic E-state index is 0.909. The van der Waals surface area contributed by atoms with E-state index in [2.05, 4.69) is 179 Å². The van der Waals surface area contributed by atoms with Crippen molar-refractivity contribution >= 4 is 87.1 Å². The Morgan fingerprint density at radius 2 is 1.04 bits per heavy atom. The Morgan fingerprint density at radius 1 is 0.340 bits per heavy atom. The van der Waals surface area contributed by atoms with Gasteiger partial charge in [-0.15, -0.1) is 0 Å².